The molecule has 1 N–H and O–H groups in total. The largest absolute Gasteiger partial charge is 0.480 e. The Labute approximate surface area is 124 Å². The van der Waals surface area contributed by atoms with Crippen LogP contribution in [0.25, 0.3) is 0 Å². The van der Waals surface area contributed by atoms with Gasteiger partial charge in [0, 0.05) is 5.92 Å². The monoisotopic (exact) mass is 297 g/mol. The second-order valence-electron chi connectivity index (χ2n) is 6.44. The molecule has 0 bridgehead atoms. The zero-order valence-corrected chi connectivity index (χ0v) is 12.8. The number of allylic oxidation sites excluding steroid dienone is 1. The normalized spacial score (nSPS) is 22.2. The lowest BCUT2D eigenvalue weighted by Gasteiger charge is -2.21. The second kappa shape index (κ2) is 6.74. The van der Waals surface area contributed by atoms with Gasteiger partial charge in [0.2, 0.25) is 5.91 Å². The van der Waals surface area contributed by atoms with Crippen LogP contribution in [0.15, 0.2) is 12.7 Å². The summed E-state index contributed by atoms with van der Waals surface area (Å²) < 4.78 is 5.06. The molecule has 2 atom stereocenters. The van der Waals surface area contributed by atoms with Gasteiger partial charge in [-0.3, -0.25) is 4.79 Å². The Morgan fingerprint density at radius 1 is 1.48 bits per heavy atom. The lowest BCUT2D eigenvalue weighted by atomic mass is 9.93. The molecule has 0 aromatic carbocycles. The number of rotatable bonds is 5. The molecule has 0 aromatic rings. The molecule has 6 heteroatoms. The van der Waals surface area contributed by atoms with E-state index in [-0.39, 0.29) is 18.4 Å². The molecule has 0 spiro atoms. The van der Waals surface area contributed by atoms with E-state index in [9.17, 15) is 14.4 Å². The van der Waals surface area contributed by atoms with E-state index < -0.39 is 29.9 Å². The average Bonchev–Trinajstić information content (AvgIpc) is 2.66. The summed E-state index contributed by atoms with van der Waals surface area (Å²) in [6.45, 7) is 9.70. The third kappa shape index (κ3) is 4.58. The Kier molecular flexibility index (Phi) is 5.52. The molecular formula is C15H23NO5. The van der Waals surface area contributed by atoms with Crippen LogP contribution in [0.3, 0.4) is 0 Å². The highest BCUT2D eigenvalue weighted by Crippen LogP contribution is 2.28. The number of hydrogen-bond donors (Lipinski definition) is 1. The van der Waals surface area contributed by atoms with Crippen LogP contribution in [-0.4, -0.2) is 40.6 Å². The van der Waals surface area contributed by atoms with Crippen molar-refractivity contribution in [1.29, 1.82) is 0 Å². The fraction of sp³-hybridized carbons (Fsp3) is 0.667. The zero-order chi connectivity index (χ0) is 16.2. The van der Waals surface area contributed by atoms with Crippen molar-refractivity contribution in [3.8, 4) is 0 Å². The first-order valence-electron chi connectivity index (χ1n) is 7.01. The summed E-state index contributed by atoms with van der Waals surface area (Å²) >= 11 is 0. The summed E-state index contributed by atoms with van der Waals surface area (Å²) in [5.41, 5.74) is -0.00707. The van der Waals surface area contributed by atoms with Crippen molar-refractivity contribution in [1.82, 2.24) is 4.90 Å². The molecule has 21 heavy (non-hydrogen) atoms. The standard InChI is InChI=1S/C15H23NO5/c1-5-6-10-9-11(13(18)19)16(12(10)17)14(20)21-8-7-15(2,3)4/h5,10-11H,1,6-9H2,2-4H3,(H,18,19)/t10-,11+/m1/s1. The highest BCUT2D eigenvalue weighted by molar-refractivity contribution is 6.00. The maximum absolute atomic E-state index is 12.1. The van der Waals surface area contributed by atoms with Gasteiger partial charge in [-0.15, -0.1) is 6.58 Å². The van der Waals surface area contributed by atoms with Crippen LogP contribution >= 0.6 is 0 Å². The molecule has 6 nitrogen and oxygen atoms in total. The van der Waals surface area contributed by atoms with Gasteiger partial charge in [-0.1, -0.05) is 26.8 Å². The fourth-order valence-corrected chi connectivity index (χ4v) is 2.17. The van der Waals surface area contributed by atoms with E-state index in [1.807, 2.05) is 20.8 Å². The number of aliphatic carboxylic acids is 1. The summed E-state index contributed by atoms with van der Waals surface area (Å²) in [6.07, 6.45) is 1.77. The topological polar surface area (TPSA) is 83.9 Å². The molecule has 0 unspecified atom stereocenters. The van der Waals surface area contributed by atoms with Gasteiger partial charge < -0.3 is 9.84 Å². The van der Waals surface area contributed by atoms with E-state index in [4.69, 9.17) is 9.84 Å². The molecule has 0 aliphatic carbocycles. The number of amides is 2. The van der Waals surface area contributed by atoms with Crippen LogP contribution in [0.2, 0.25) is 0 Å². The van der Waals surface area contributed by atoms with Gasteiger partial charge in [0.05, 0.1) is 6.61 Å². The molecule has 2 amide bonds. The number of likely N-dealkylation sites (tertiary alicyclic amines) is 1. The van der Waals surface area contributed by atoms with Crippen molar-refractivity contribution in [2.45, 2.75) is 46.1 Å². The first kappa shape index (κ1) is 17.2. The average molecular weight is 297 g/mol. The highest BCUT2D eigenvalue weighted by Gasteiger charge is 2.47. The maximum Gasteiger partial charge on any atom is 0.417 e. The van der Waals surface area contributed by atoms with Crippen molar-refractivity contribution in [2.75, 3.05) is 6.61 Å². The SMILES string of the molecule is C=CC[C@@H]1C[C@@H](C(=O)O)N(C(=O)OCCC(C)(C)C)C1=O. The van der Waals surface area contributed by atoms with Gasteiger partial charge in [-0.25, -0.2) is 14.5 Å². The van der Waals surface area contributed by atoms with Gasteiger partial charge in [0.15, 0.2) is 0 Å². The quantitative estimate of drug-likeness (QED) is 0.788. The molecule has 0 radical (unpaired) electrons. The van der Waals surface area contributed by atoms with E-state index in [0.717, 1.165) is 4.90 Å². The highest BCUT2D eigenvalue weighted by atomic mass is 16.6. The number of ether oxygens (including phenoxy) is 1. The molecule has 0 saturated carbocycles. The summed E-state index contributed by atoms with van der Waals surface area (Å²) in [6, 6.07) is -1.15. The first-order chi connectivity index (χ1) is 9.67. The van der Waals surface area contributed by atoms with Crippen molar-refractivity contribution < 1.29 is 24.2 Å². The van der Waals surface area contributed by atoms with E-state index >= 15 is 0 Å². The Bertz CT molecular complexity index is 438. The first-order valence-corrected chi connectivity index (χ1v) is 7.01. The molecule has 1 fully saturated rings. The van der Waals surface area contributed by atoms with Gasteiger partial charge >= 0.3 is 12.1 Å². The Hall–Kier alpha value is -1.85. The number of carbonyl (C=O) groups is 3. The molecule has 0 aromatic heterocycles. The minimum absolute atomic E-state index is 0.00707. The van der Waals surface area contributed by atoms with E-state index in [2.05, 4.69) is 6.58 Å². The zero-order valence-electron chi connectivity index (χ0n) is 12.8. The summed E-state index contributed by atoms with van der Waals surface area (Å²) in [5.74, 6) is -2.20. The van der Waals surface area contributed by atoms with Crippen LogP contribution < -0.4 is 0 Å². The van der Waals surface area contributed by atoms with Gasteiger partial charge in [-0.05, 0) is 24.7 Å². The molecule has 1 rings (SSSR count). The van der Waals surface area contributed by atoms with Gasteiger partial charge in [0.25, 0.3) is 0 Å². The Morgan fingerprint density at radius 2 is 2.10 bits per heavy atom. The molecule has 1 saturated heterocycles. The van der Waals surface area contributed by atoms with Crippen molar-refractivity contribution in [2.24, 2.45) is 11.3 Å². The number of carbonyl (C=O) groups excluding carboxylic acids is 2. The van der Waals surface area contributed by atoms with Crippen LogP contribution in [0.5, 0.6) is 0 Å². The maximum atomic E-state index is 12.1. The predicted octanol–water partition coefficient (Wildman–Crippen LogP) is 2.44. The fourth-order valence-electron chi connectivity index (χ4n) is 2.17. The predicted molar refractivity (Wildman–Crippen MR) is 76.6 cm³/mol. The summed E-state index contributed by atoms with van der Waals surface area (Å²) in [7, 11) is 0. The van der Waals surface area contributed by atoms with E-state index in [1.54, 1.807) is 6.08 Å². The van der Waals surface area contributed by atoms with E-state index in [0.29, 0.717) is 12.8 Å². The molecule has 118 valence electrons. The Morgan fingerprint density at radius 3 is 2.57 bits per heavy atom. The molecule has 1 heterocycles. The lowest BCUT2D eigenvalue weighted by Crippen LogP contribution is -2.43. The third-order valence-corrected chi connectivity index (χ3v) is 3.42. The number of imide groups is 1. The summed E-state index contributed by atoms with van der Waals surface area (Å²) in [5, 5.41) is 9.16. The molecule has 1 aliphatic heterocycles. The van der Waals surface area contributed by atoms with Crippen molar-refractivity contribution in [3.63, 3.8) is 0 Å². The number of carboxylic acid groups (broad SMARTS) is 1. The van der Waals surface area contributed by atoms with Crippen molar-refractivity contribution in [3.05, 3.63) is 12.7 Å². The van der Waals surface area contributed by atoms with Crippen LogP contribution in [0.1, 0.15) is 40.0 Å². The third-order valence-electron chi connectivity index (χ3n) is 3.42. The van der Waals surface area contributed by atoms with Gasteiger partial charge in [0.1, 0.15) is 6.04 Å². The lowest BCUT2D eigenvalue weighted by molar-refractivity contribution is -0.145. The molecule has 1 aliphatic rings. The second-order valence-corrected chi connectivity index (χ2v) is 6.44. The smallest absolute Gasteiger partial charge is 0.417 e. The molecular weight excluding hydrogens is 274 g/mol. The van der Waals surface area contributed by atoms with Crippen LogP contribution in [0, 0.1) is 11.3 Å². The van der Waals surface area contributed by atoms with Crippen LogP contribution in [0.4, 0.5) is 4.79 Å². The van der Waals surface area contributed by atoms with E-state index in [1.165, 1.54) is 0 Å². The summed E-state index contributed by atoms with van der Waals surface area (Å²) in [4.78, 5) is 36.1. The minimum atomic E-state index is -1.19. The minimum Gasteiger partial charge on any atom is -0.480 e. The van der Waals surface area contributed by atoms with Crippen LogP contribution in [-0.2, 0) is 14.3 Å². The Balaban J connectivity index is 2.72. The van der Waals surface area contributed by atoms with Gasteiger partial charge in [-0.2, -0.15) is 0 Å². The number of nitrogens with zero attached hydrogens (tertiary/aromatic N) is 1. The van der Waals surface area contributed by atoms with Crippen molar-refractivity contribution >= 4 is 18.0 Å². The number of hydrogen-bond acceptors (Lipinski definition) is 4. The number of carboxylic acids is 1.